The van der Waals surface area contributed by atoms with Crippen LogP contribution in [0.15, 0.2) is 36.4 Å². The van der Waals surface area contributed by atoms with E-state index in [9.17, 15) is 4.39 Å². The Balaban J connectivity index is 2.14. The Morgan fingerprint density at radius 1 is 1.30 bits per heavy atom. The average Bonchev–Trinajstić information content (AvgIpc) is 2.67. The van der Waals surface area contributed by atoms with Gasteiger partial charge in [-0.05, 0) is 53.4 Å². The average molecular weight is 398 g/mol. The Hall–Kier alpha value is -1.21. The minimum Gasteiger partial charge on any atom is -0.331 e. The number of imidazole rings is 1. The van der Waals surface area contributed by atoms with Crippen LogP contribution >= 0.6 is 34.8 Å². The van der Waals surface area contributed by atoms with E-state index < -0.39 is 0 Å². The van der Waals surface area contributed by atoms with Crippen molar-refractivity contribution >= 4 is 45.8 Å². The Bertz CT molecular complexity index is 851. The molecule has 1 heterocycles. The smallest absolute Gasteiger partial charge is 0.178 e. The molecule has 0 atom stereocenters. The summed E-state index contributed by atoms with van der Waals surface area (Å²) in [6.07, 6.45) is 0. The molecule has 5 heteroatoms. The number of H-pyrrole nitrogens is 1. The van der Waals surface area contributed by atoms with Gasteiger partial charge in [0.15, 0.2) is 4.77 Å². The van der Waals surface area contributed by atoms with Gasteiger partial charge in [0, 0.05) is 6.07 Å². The Labute approximate surface area is 134 Å². The van der Waals surface area contributed by atoms with Crippen molar-refractivity contribution in [3.8, 4) is 0 Å². The molecule has 1 aromatic heterocycles. The molecule has 1 N–H and O–H groups in total. The van der Waals surface area contributed by atoms with Crippen molar-refractivity contribution in [2.75, 3.05) is 0 Å². The number of aromatic nitrogens is 2. The minimum absolute atomic E-state index is 0.218. The van der Waals surface area contributed by atoms with Gasteiger partial charge in [0.25, 0.3) is 0 Å². The van der Waals surface area contributed by atoms with Crippen molar-refractivity contribution in [3.05, 3.63) is 61.7 Å². The van der Waals surface area contributed by atoms with Gasteiger partial charge in [-0.1, -0.05) is 29.8 Å². The highest BCUT2D eigenvalue weighted by molar-refractivity contribution is 14.1. The van der Waals surface area contributed by atoms with Crippen LogP contribution in [0.4, 0.5) is 4.39 Å². The summed E-state index contributed by atoms with van der Waals surface area (Å²) in [5, 5.41) is 0. The second-order valence-corrected chi connectivity index (χ2v) is 6.34. The molecule has 0 saturated carbocycles. The lowest BCUT2D eigenvalue weighted by atomic mass is 10.1. The molecular formula is C15H12FIN2S. The Kier molecular flexibility index (Phi) is 3.64. The van der Waals surface area contributed by atoms with Gasteiger partial charge in [0.1, 0.15) is 5.82 Å². The maximum Gasteiger partial charge on any atom is 0.178 e. The van der Waals surface area contributed by atoms with E-state index in [1.54, 1.807) is 12.1 Å². The molecule has 3 aromatic rings. The van der Waals surface area contributed by atoms with Gasteiger partial charge in [0.05, 0.1) is 21.1 Å². The first kappa shape index (κ1) is 13.8. The summed E-state index contributed by atoms with van der Waals surface area (Å²) in [5.41, 5.74) is 4.03. The third-order valence-electron chi connectivity index (χ3n) is 3.24. The highest BCUT2D eigenvalue weighted by Crippen LogP contribution is 2.21. The van der Waals surface area contributed by atoms with Crippen LogP contribution in [0.5, 0.6) is 0 Å². The Morgan fingerprint density at radius 3 is 2.85 bits per heavy atom. The van der Waals surface area contributed by atoms with E-state index in [-0.39, 0.29) is 5.82 Å². The summed E-state index contributed by atoms with van der Waals surface area (Å²) in [6.45, 7) is 2.70. The zero-order chi connectivity index (χ0) is 14.3. The molecule has 3 rings (SSSR count). The first-order valence-corrected chi connectivity index (χ1v) is 7.66. The van der Waals surface area contributed by atoms with Crippen LogP contribution in [0, 0.1) is 21.1 Å². The number of nitrogens with one attached hydrogen (secondary N) is 1. The fourth-order valence-electron chi connectivity index (χ4n) is 2.30. The highest BCUT2D eigenvalue weighted by Gasteiger charge is 2.09. The normalized spacial score (nSPS) is 11.2. The van der Waals surface area contributed by atoms with Crippen LogP contribution in [0.1, 0.15) is 11.1 Å². The number of halogens is 2. The summed E-state index contributed by atoms with van der Waals surface area (Å²) in [6, 6.07) is 11.6. The maximum absolute atomic E-state index is 13.8. The molecule has 0 radical (unpaired) electrons. The zero-order valence-electron chi connectivity index (χ0n) is 10.8. The van der Waals surface area contributed by atoms with Crippen molar-refractivity contribution in [3.63, 3.8) is 0 Å². The Morgan fingerprint density at radius 2 is 2.10 bits per heavy atom. The number of fused-ring (bicyclic) bond motifs is 1. The predicted octanol–water partition coefficient (Wildman–Crippen LogP) is 4.80. The molecule has 2 nitrogen and oxygen atoms in total. The second-order valence-electron chi connectivity index (χ2n) is 4.79. The van der Waals surface area contributed by atoms with Gasteiger partial charge in [-0.25, -0.2) is 4.39 Å². The standard InChI is InChI=1S/C15H12FIN2S/c1-9-3-2-4-10(5-9)8-19-14-6-11(16)12(17)7-13(14)18-15(19)20/h2-7H,8H2,1H3,(H,18,20). The molecular weight excluding hydrogens is 386 g/mol. The van der Waals surface area contributed by atoms with E-state index in [0.29, 0.717) is 14.9 Å². The molecule has 0 unspecified atom stereocenters. The number of hydrogen-bond donors (Lipinski definition) is 1. The predicted molar refractivity (Wildman–Crippen MR) is 90.1 cm³/mol. The summed E-state index contributed by atoms with van der Waals surface area (Å²) >= 11 is 7.34. The van der Waals surface area contributed by atoms with Gasteiger partial charge >= 0.3 is 0 Å². The molecule has 0 bridgehead atoms. The minimum atomic E-state index is -0.218. The number of rotatable bonds is 2. The summed E-state index contributed by atoms with van der Waals surface area (Å²) < 4.78 is 16.9. The molecule has 2 aromatic carbocycles. The van der Waals surface area contributed by atoms with Crippen LogP contribution in [0.3, 0.4) is 0 Å². The molecule has 0 aliphatic heterocycles. The lowest BCUT2D eigenvalue weighted by Gasteiger charge is -2.06. The van der Waals surface area contributed by atoms with Gasteiger partial charge in [0.2, 0.25) is 0 Å². The largest absolute Gasteiger partial charge is 0.331 e. The SMILES string of the molecule is Cc1cccc(Cn2c(=S)[nH]c3cc(I)c(F)cc32)c1. The fraction of sp³-hybridized carbons (Fsp3) is 0.133. The van der Waals surface area contributed by atoms with Crippen molar-refractivity contribution in [2.45, 2.75) is 13.5 Å². The molecule has 0 aliphatic carbocycles. The van der Waals surface area contributed by atoms with E-state index in [4.69, 9.17) is 12.2 Å². The molecule has 0 aliphatic rings. The first-order chi connectivity index (χ1) is 9.54. The highest BCUT2D eigenvalue weighted by atomic mass is 127. The monoisotopic (exact) mass is 398 g/mol. The van der Waals surface area contributed by atoms with Crippen LogP contribution in [0.25, 0.3) is 11.0 Å². The van der Waals surface area contributed by atoms with Gasteiger partial charge < -0.3 is 9.55 Å². The lowest BCUT2D eigenvalue weighted by Crippen LogP contribution is -2.00. The number of benzene rings is 2. The summed E-state index contributed by atoms with van der Waals surface area (Å²) in [4.78, 5) is 3.14. The molecule has 0 saturated heterocycles. The third-order valence-corrected chi connectivity index (χ3v) is 4.39. The van der Waals surface area contributed by atoms with Crippen molar-refractivity contribution in [1.29, 1.82) is 0 Å². The van der Waals surface area contributed by atoms with E-state index in [1.807, 2.05) is 33.2 Å². The van der Waals surface area contributed by atoms with Crippen LogP contribution in [-0.4, -0.2) is 9.55 Å². The van der Waals surface area contributed by atoms with Gasteiger partial charge in [-0.3, -0.25) is 0 Å². The lowest BCUT2D eigenvalue weighted by molar-refractivity contribution is 0.621. The van der Waals surface area contributed by atoms with E-state index in [1.165, 1.54) is 5.56 Å². The van der Waals surface area contributed by atoms with Crippen LogP contribution in [0.2, 0.25) is 0 Å². The van der Waals surface area contributed by atoms with E-state index in [2.05, 4.69) is 30.1 Å². The third kappa shape index (κ3) is 2.52. The van der Waals surface area contributed by atoms with Crippen molar-refractivity contribution in [2.24, 2.45) is 0 Å². The molecule has 102 valence electrons. The van der Waals surface area contributed by atoms with E-state index in [0.717, 1.165) is 16.6 Å². The molecule has 0 fully saturated rings. The van der Waals surface area contributed by atoms with Gasteiger partial charge in [-0.15, -0.1) is 0 Å². The second kappa shape index (κ2) is 5.29. The maximum atomic E-state index is 13.8. The first-order valence-electron chi connectivity index (χ1n) is 6.18. The quantitative estimate of drug-likeness (QED) is 0.486. The van der Waals surface area contributed by atoms with Crippen LogP contribution in [-0.2, 0) is 6.54 Å². The number of hydrogen-bond acceptors (Lipinski definition) is 1. The fourth-order valence-corrected chi connectivity index (χ4v) is 3.04. The molecule has 0 amide bonds. The number of aryl methyl sites for hydroxylation is 1. The molecule has 20 heavy (non-hydrogen) atoms. The summed E-state index contributed by atoms with van der Waals surface area (Å²) in [7, 11) is 0. The topological polar surface area (TPSA) is 20.7 Å². The summed E-state index contributed by atoms with van der Waals surface area (Å²) in [5.74, 6) is -0.218. The number of nitrogens with zero attached hydrogens (tertiary/aromatic N) is 1. The van der Waals surface area contributed by atoms with Crippen LogP contribution < -0.4 is 0 Å². The van der Waals surface area contributed by atoms with Crippen molar-refractivity contribution in [1.82, 2.24) is 9.55 Å². The number of aromatic amines is 1. The van der Waals surface area contributed by atoms with E-state index >= 15 is 0 Å². The molecule has 0 spiro atoms. The van der Waals surface area contributed by atoms with Gasteiger partial charge in [-0.2, -0.15) is 0 Å². The zero-order valence-corrected chi connectivity index (χ0v) is 13.8. The van der Waals surface area contributed by atoms with Crippen molar-refractivity contribution < 1.29 is 4.39 Å².